The first kappa shape index (κ1) is 17.9. The van der Waals surface area contributed by atoms with Gasteiger partial charge in [-0.2, -0.15) is 5.10 Å². The van der Waals surface area contributed by atoms with E-state index in [0.717, 1.165) is 28.7 Å². The van der Waals surface area contributed by atoms with Crippen molar-refractivity contribution in [1.29, 1.82) is 0 Å². The van der Waals surface area contributed by atoms with E-state index in [1.165, 1.54) is 0 Å². The van der Waals surface area contributed by atoms with Crippen molar-refractivity contribution in [1.82, 2.24) is 19.6 Å². The van der Waals surface area contributed by atoms with E-state index in [-0.39, 0.29) is 12.1 Å². The number of benzene rings is 2. The normalized spacial score (nSPS) is 12.3. The molecule has 0 fully saturated rings. The summed E-state index contributed by atoms with van der Waals surface area (Å²) < 4.78 is 1.82. The summed E-state index contributed by atoms with van der Waals surface area (Å²) in [7, 11) is 7.76. The molecule has 0 bridgehead atoms. The van der Waals surface area contributed by atoms with E-state index in [1.54, 1.807) is 11.1 Å². The Labute approximate surface area is 154 Å². The Balaban J connectivity index is 1.79. The van der Waals surface area contributed by atoms with Crippen LogP contribution >= 0.6 is 0 Å². The van der Waals surface area contributed by atoms with Crippen LogP contribution in [0.2, 0.25) is 0 Å². The molecule has 3 rings (SSSR count). The SMILES string of the molecule is CN(C)CC(c1ccccc1)N(C)C(=O)Nc1ccc2c(cnn2C)c1. The highest BCUT2D eigenvalue weighted by atomic mass is 16.2. The number of carbonyl (C=O) groups is 1. The Kier molecular flexibility index (Phi) is 5.23. The highest BCUT2D eigenvalue weighted by molar-refractivity contribution is 5.92. The zero-order chi connectivity index (χ0) is 18.7. The Morgan fingerprint density at radius 2 is 1.88 bits per heavy atom. The van der Waals surface area contributed by atoms with Crippen LogP contribution in [0, 0.1) is 0 Å². The summed E-state index contributed by atoms with van der Waals surface area (Å²) in [6, 6.07) is 15.7. The molecule has 6 nitrogen and oxygen atoms in total. The van der Waals surface area contributed by atoms with Gasteiger partial charge in [-0.25, -0.2) is 4.79 Å². The lowest BCUT2D eigenvalue weighted by Crippen LogP contribution is -2.39. The van der Waals surface area contributed by atoms with Gasteiger partial charge >= 0.3 is 6.03 Å². The monoisotopic (exact) mass is 351 g/mol. The topological polar surface area (TPSA) is 53.4 Å². The predicted molar refractivity (Wildman–Crippen MR) is 105 cm³/mol. The minimum atomic E-state index is -0.135. The maximum absolute atomic E-state index is 12.8. The Hall–Kier alpha value is -2.86. The van der Waals surface area contributed by atoms with Crippen LogP contribution in [0.15, 0.2) is 54.7 Å². The second-order valence-electron chi connectivity index (χ2n) is 6.77. The number of hydrogen-bond acceptors (Lipinski definition) is 3. The van der Waals surface area contributed by atoms with Crippen LogP contribution < -0.4 is 5.32 Å². The van der Waals surface area contributed by atoms with Crippen molar-refractivity contribution >= 4 is 22.6 Å². The molecule has 0 saturated heterocycles. The first-order valence-corrected chi connectivity index (χ1v) is 8.61. The van der Waals surface area contributed by atoms with Crippen LogP contribution in [0.5, 0.6) is 0 Å². The third-order valence-electron chi connectivity index (χ3n) is 4.51. The maximum Gasteiger partial charge on any atom is 0.322 e. The Morgan fingerprint density at radius 1 is 1.15 bits per heavy atom. The minimum Gasteiger partial charge on any atom is -0.319 e. The smallest absolute Gasteiger partial charge is 0.319 e. The van der Waals surface area contributed by atoms with Gasteiger partial charge in [-0.1, -0.05) is 30.3 Å². The molecule has 1 heterocycles. The molecule has 1 atom stereocenters. The summed E-state index contributed by atoms with van der Waals surface area (Å²) in [6.07, 6.45) is 1.80. The van der Waals surface area contributed by atoms with Crippen LogP contribution in [0.3, 0.4) is 0 Å². The Morgan fingerprint density at radius 3 is 2.58 bits per heavy atom. The van der Waals surface area contributed by atoms with Crippen LogP contribution in [-0.2, 0) is 7.05 Å². The van der Waals surface area contributed by atoms with Gasteiger partial charge in [0.2, 0.25) is 0 Å². The molecule has 1 unspecified atom stereocenters. The van der Waals surface area contributed by atoms with Crippen molar-refractivity contribution in [2.45, 2.75) is 6.04 Å². The van der Waals surface area contributed by atoms with Gasteiger partial charge in [0.05, 0.1) is 17.8 Å². The van der Waals surface area contributed by atoms with Gasteiger partial charge in [0.15, 0.2) is 0 Å². The lowest BCUT2D eigenvalue weighted by atomic mass is 10.1. The summed E-state index contributed by atoms with van der Waals surface area (Å²) in [4.78, 5) is 16.7. The molecule has 0 aliphatic rings. The van der Waals surface area contributed by atoms with Gasteiger partial charge in [-0.3, -0.25) is 4.68 Å². The number of aromatic nitrogens is 2. The molecule has 1 aromatic heterocycles. The lowest BCUT2D eigenvalue weighted by Gasteiger charge is -2.31. The average Bonchev–Trinajstić information content (AvgIpc) is 3.00. The Bertz CT molecular complexity index is 888. The highest BCUT2D eigenvalue weighted by Gasteiger charge is 2.22. The summed E-state index contributed by atoms with van der Waals surface area (Å²) >= 11 is 0. The molecule has 0 aliphatic heterocycles. The van der Waals surface area contributed by atoms with Gasteiger partial charge in [-0.05, 0) is 37.9 Å². The second kappa shape index (κ2) is 7.58. The number of rotatable bonds is 5. The molecule has 2 amide bonds. The number of urea groups is 1. The number of carbonyl (C=O) groups excluding carboxylic acids is 1. The molecule has 0 saturated carbocycles. The zero-order valence-corrected chi connectivity index (χ0v) is 15.7. The summed E-state index contributed by atoms with van der Waals surface area (Å²) in [5.41, 5.74) is 2.91. The van der Waals surface area contributed by atoms with Crippen LogP contribution in [0.25, 0.3) is 10.9 Å². The van der Waals surface area contributed by atoms with Crippen molar-refractivity contribution in [3.63, 3.8) is 0 Å². The number of anilines is 1. The molecule has 2 aromatic carbocycles. The molecular weight excluding hydrogens is 326 g/mol. The van der Waals surface area contributed by atoms with Crippen molar-refractivity contribution in [2.24, 2.45) is 7.05 Å². The number of amides is 2. The van der Waals surface area contributed by atoms with E-state index in [9.17, 15) is 4.79 Å². The zero-order valence-electron chi connectivity index (χ0n) is 15.7. The molecule has 3 aromatic rings. The predicted octanol–water partition coefficient (Wildman–Crippen LogP) is 3.34. The van der Waals surface area contributed by atoms with Crippen LogP contribution in [-0.4, -0.2) is 53.3 Å². The first-order valence-electron chi connectivity index (χ1n) is 8.61. The van der Waals surface area contributed by atoms with E-state index >= 15 is 0 Å². The fraction of sp³-hybridized carbons (Fsp3) is 0.300. The minimum absolute atomic E-state index is 0.0340. The summed E-state index contributed by atoms with van der Waals surface area (Å²) in [5, 5.41) is 8.24. The maximum atomic E-state index is 12.8. The quantitative estimate of drug-likeness (QED) is 0.767. The molecule has 1 N–H and O–H groups in total. The number of hydrogen-bond donors (Lipinski definition) is 1. The van der Waals surface area contributed by atoms with E-state index in [4.69, 9.17) is 0 Å². The van der Waals surface area contributed by atoms with Gasteiger partial charge in [-0.15, -0.1) is 0 Å². The van der Waals surface area contributed by atoms with Crippen molar-refractivity contribution in [2.75, 3.05) is 33.0 Å². The number of aryl methyl sites for hydroxylation is 1. The van der Waals surface area contributed by atoms with E-state index < -0.39 is 0 Å². The fourth-order valence-electron chi connectivity index (χ4n) is 3.07. The largest absolute Gasteiger partial charge is 0.322 e. The third-order valence-corrected chi connectivity index (χ3v) is 4.51. The van der Waals surface area contributed by atoms with Crippen LogP contribution in [0.1, 0.15) is 11.6 Å². The van der Waals surface area contributed by atoms with Crippen molar-refractivity contribution in [3.05, 3.63) is 60.3 Å². The molecule has 26 heavy (non-hydrogen) atoms. The summed E-state index contributed by atoms with van der Waals surface area (Å²) in [6.45, 7) is 0.746. The fourth-order valence-corrected chi connectivity index (χ4v) is 3.07. The van der Waals surface area contributed by atoms with Gasteiger partial charge < -0.3 is 15.1 Å². The van der Waals surface area contributed by atoms with E-state index in [0.29, 0.717) is 0 Å². The number of nitrogens with one attached hydrogen (secondary N) is 1. The molecule has 0 radical (unpaired) electrons. The number of likely N-dealkylation sites (N-methyl/N-ethyl adjacent to an activating group) is 2. The molecule has 6 heteroatoms. The van der Waals surface area contributed by atoms with Gasteiger partial charge in [0.1, 0.15) is 0 Å². The number of nitrogens with zero attached hydrogens (tertiary/aromatic N) is 4. The van der Waals surface area contributed by atoms with Gasteiger partial charge in [0.25, 0.3) is 0 Å². The lowest BCUT2D eigenvalue weighted by molar-refractivity contribution is 0.188. The molecule has 136 valence electrons. The van der Waals surface area contributed by atoms with E-state index in [1.807, 2.05) is 69.3 Å². The molecule has 0 spiro atoms. The van der Waals surface area contributed by atoms with E-state index in [2.05, 4.69) is 27.4 Å². The number of fused-ring (bicyclic) bond motifs is 1. The highest BCUT2D eigenvalue weighted by Crippen LogP contribution is 2.22. The van der Waals surface area contributed by atoms with Gasteiger partial charge in [0, 0.05) is 31.7 Å². The molecular formula is C20H25N5O. The second-order valence-corrected chi connectivity index (χ2v) is 6.77. The average molecular weight is 351 g/mol. The standard InChI is InChI=1S/C20H25N5O/c1-23(2)14-19(15-8-6-5-7-9-15)24(3)20(26)22-17-10-11-18-16(12-17)13-21-25(18)4/h5-13,19H,14H2,1-4H3,(H,22,26). The van der Waals surface area contributed by atoms with Crippen molar-refractivity contribution in [3.8, 4) is 0 Å². The first-order chi connectivity index (χ1) is 12.5. The van der Waals surface area contributed by atoms with Crippen LogP contribution in [0.4, 0.5) is 10.5 Å². The summed E-state index contributed by atoms with van der Waals surface area (Å²) in [5.74, 6) is 0. The third kappa shape index (κ3) is 3.86. The molecule has 0 aliphatic carbocycles. The van der Waals surface area contributed by atoms with Crippen molar-refractivity contribution < 1.29 is 4.79 Å².